The van der Waals surface area contributed by atoms with E-state index in [9.17, 15) is 4.79 Å². The zero-order valence-electron chi connectivity index (χ0n) is 9.26. The number of hydrogen-bond acceptors (Lipinski definition) is 2. The number of carbonyl (C=O) groups excluding carboxylic acids is 1. The molecule has 0 heterocycles. The average molecular weight is 196 g/mol. The Morgan fingerprint density at radius 3 is 2.57 bits per heavy atom. The van der Waals surface area contributed by atoms with Crippen molar-refractivity contribution in [2.45, 2.75) is 33.2 Å². The standard InChI is InChI=1S/C11H20N2O/c1-5-6-12-8-11(14)13-10(4)7-9(2)3/h1,9-10,12H,6-8H2,2-4H3,(H,13,14). The Labute approximate surface area is 86.6 Å². The fourth-order valence-electron chi connectivity index (χ4n) is 1.34. The summed E-state index contributed by atoms with van der Waals surface area (Å²) in [6, 6.07) is 0.232. The molecular weight excluding hydrogens is 176 g/mol. The molecule has 0 saturated carbocycles. The van der Waals surface area contributed by atoms with Gasteiger partial charge in [0.15, 0.2) is 0 Å². The summed E-state index contributed by atoms with van der Waals surface area (Å²) in [4.78, 5) is 11.3. The quantitative estimate of drug-likeness (QED) is 0.486. The SMILES string of the molecule is C#CCNCC(=O)NC(C)CC(C)C. The molecule has 0 aliphatic rings. The van der Waals surface area contributed by atoms with E-state index in [4.69, 9.17) is 6.42 Å². The van der Waals surface area contributed by atoms with Gasteiger partial charge in [-0.2, -0.15) is 0 Å². The third-order valence-corrected chi connectivity index (χ3v) is 1.74. The zero-order chi connectivity index (χ0) is 11.0. The van der Waals surface area contributed by atoms with Crippen LogP contribution in [0.1, 0.15) is 27.2 Å². The van der Waals surface area contributed by atoms with Crippen molar-refractivity contribution in [2.24, 2.45) is 5.92 Å². The van der Waals surface area contributed by atoms with Crippen LogP contribution < -0.4 is 10.6 Å². The number of rotatable bonds is 6. The summed E-state index contributed by atoms with van der Waals surface area (Å²) in [6.45, 7) is 7.02. The van der Waals surface area contributed by atoms with Gasteiger partial charge in [-0.15, -0.1) is 6.42 Å². The molecule has 3 heteroatoms. The van der Waals surface area contributed by atoms with E-state index < -0.39 is 0 Å². The lowest BCUT2D eigenvalue weighted by Gasteiger charge is -2.15. The number of terminal acetylenes is 1. The summed E-state index contributed by atoms with van der Waals surface area (Å²) in [5, 5.41) is 5.75. The molecule has 14 heavy (non-hydrogen) atoms. The molecule has 2 N–H and O–H groups in total. The molecule has 0 aromatic heterocycles. The van der Waals surface area contributed by atoms with Crippen LogP contribution in [0, 0.1) is 18.3 Å². The second kappa shape index (κ2) is 7.40. The second-order valence-electron chi connectivity index (χ2n) is 3.91. The van der Waals surface area contributed by atoms with Crippen LogP contribution in [0.2, 0.25) is 0 Å². The normalized spacial score (nSPS) is 12.2. The Bertz CT molecular complexity index is 206. The van der Waals surface area contributed by atoms with E-state index in [2.05, 4.69) is 30.4 Å². The van der Waals surface area contributed by atoms with Gasteiger partial charge in [-0.1, -0.05) is 19.8 Å². The first kappa shape index (κ1) is 13.0. The molecule has 0 fully saturated rings. The van der Waals surface area contributed by atoms with Gasteiger partial charge in [0, 0.05) is 6.04 Å². The topological polar surface area (TPSA) is 41.1 Å². The van der Waals surface area contributed by atoms with E-state index >= 15 is 0 Å². The monoisotopic (exact) mass is 196 g/mol. The van der Waals surface area contributed by atoms with Crippen LogP contribution in [-0.4, -0.2) is 25.0 Å². The van der Waals surface area contributed by atoms with Crippen molar-refractivity contribution in [1.82, 2.24) is 10.6 Å². The van der Waals surface area contributed by atoms with Gasteiger partial charge in [-0.3, -0.25) is 10.1 Å². The van der Waals surface area contributed by atoms with Crippen molar-refractivity contribution in [2.75, 3.05) is 13.1 Å². The van der Waals surface area contributed by atoms with Crippen molar-refractivity contribution >= 4 is 5.91 Å². The van der Waals surface area contributed by atoms with Gasteiger partial charge >= 0.3 is 0 Å². The number of hydrogen-bond donors (Lipinski definition) is 2. The molecule has 0 rings (SSSR count). The molecule has 3 nitrogen and oxygen atoms in total. The highest BCUT2D eigenvalue weighted by Gasteiger charge is 2.07. The van der Waals surface area contributed by atoms with Crippen LogP contribution in [0.5, 0.6) is 0 Å². The fourth-order valence-corrected chi connectivity index (χ4v) is 1.34. The van der Waals surface area contributed by atoms with Crippen LogP contribution in [0.25, 0.3) is 0 Å². The molecule has 0 aliphatic heterocycles. The third-order valence-electron chi connectivity index (χ3n) is 1.74. The predicted octanol–water partition coefficient (Wildman–Crippen LogP) is 0.760. The maximum absolute atomic E-state index is 11.3. The highest BCUT2D eigenvalue weighted by molar-refractivity contribution is 5.78. The molecule has 1 amide bonds. The Morgan fingerprint density at radius 2 is 2.07 bits per heavy atom. The van der Waals surface area contributed by atoms with Gasteiger partial charge in [0.2, 0.25) is 5.91 Å². The lowest BCUT2D eigenvalue weighted by Crippen LogP contribution is -2.39. The van der Waals surface area contributed by atoms with Crippen molar-refractivity contribution in [3.05, 3.63) is 0 Å². The molecule has 1 unspecified atom stereocenters. The smallest absolute Gasteiger partial charge is 0.234 e. The molecule has 0 aromatic carbocycles. The van der Waals surface area contributed by atoms with E-state index in [0.717, 1.165) is 6.42 Å². The predicted molar refractivity (Wildman–Crippen MR) is 58.8 cm³/mol. The average Bonchev–Trinajstić information content (AvgIpc) is 2.02. The second-order valence-corrected chi connectivity index (χ2v) is 3.91. The molecule has 0 spiro atoms. The Hall–Kier alpha value is -1.01. The van der Waals surface area contributed by atoms with Gasteiger partial charge in [0.05, 0.1) is 13.1 Å². The minimum Gasteiger partial charge on any atom is -0.353 e. The molecule has 0 aromatic rings. The summed E-state index contributed by atoms with van der Waals surface area (Å²) in [5.41, 5.74) is 0. The molecule has 0 saturated heterocycles. The Kier molecular flexibility index (Phi) is 6.87. The first-order valence-electron chi connectivity index (χ1n) is 4.99. The maximum Gasteiger partial charge on any atom is 0.234 e. The lowest BCUT2D eigenvalue weighted by atomic mass is 10.1. The Balaban J connectivity index is 3.56. The zero-order valence-corrected chi connectivity index (χ0v) is 9.26. The van der Waals surface area contributed by atoms with Crippen LogP contribution in [0.15, 0.2) is 0 Å². The van der Waals surface area contributed by atoms with E-state index in [-0.39, 0.29) is 11.9 Å². The van der Waals surface area contributed by atoms with Gasteiger partial charge in [-0.05, 0) is 19.3 Å². The number of amides is 1. The minimum atomic E-state index is 0.00778. The summed E-state index contributed by atoms with van der Waals surface area (Å²) < 4.78 is 0. The third kappa shape index (κ3) is 7.63. The summed E-state index contributed by atoms with van der Waals surface area (Å²) in [6.07, 6.45) is 6.04. The minimum absolute atomic E-state index is 0.00778. The lowest BCUT2D eigenvalue weighted by molar-refractivity contribution is -0.120. The highest BCUT2D eigenvalue weighted by Crippen LogP contribution is 2.03. The molecule has 0 bridgehead atoms. The molecular formula is C11H20N2O. The van der Waals surface area contributed by atoms with E-state index in [1.807, 2.05) is 6.92 Å². The van der Waals surface area contributed by atoms with Gasteiger partial charge in [0.25, 0.3) is 0 Å². The largest absolute Gasteiger partial charge is 0.353 e. The van der Waals surface area contributed by atoms with Crippen molar-refractivity contribution in [3.8, 4) is 12.3 Å². The Morgan fingerprint density at radius 1 is 1.43 bits per heavy atom. The van der Waals surface area contributed by atoms with Gasteiger partial charge in [0.1, 0.15) is 0 Å². The van der Waals surface area contributed by atoms with E-state index in [1.54, 1.807) is 0 Å². The highest BCUT2D eigenvalue weighted by atomic mass is 16.1. The van der Waals surface area contributed by atoms with Gasteiger partial charge in [-0.25, -0.2) is 0 Å². The first-order valence-corrected chi connectivity index (χ1v) is 4.99. The van der Waals surface area contributed by atoms with E-state index in [0.29, 0.717) is 19.0 Å². The fraction of sp³-hybridized carbons (Fsp3) is 0.727. The summed E-state index contributed by atoms with van der Waals surface area (Å²) in [7, 11) is 0. The van der Waals surface area contributed by atoms with Crippen molar-refractivity contribution in [3.63, 3.8) is 0 Å². The summed E-state index contributed by atoms with van der Waals surface area (Å²) >= 11 is 0. The van der Waals surface area contributed by atoms with Gasteiger partial charge < -0.3 is 5.32 Å². The maximum atomic E-state index is 11.3. The molecule has 1 atom stereocenters. The van der Waals surface area contributed by atoms with Crippen LogP contribution in [-0.2, 0) is 4.79 Å². The summed E-state index contributed by atoms with van der Waals surface area (Å²) in [5.74, 6) is 3.03. The first-order chi connectivity index (χ1) is 6.56. The van der Waals surface area contributed by atoms with Crippen molar-refractivity contribution in [1.29, 1.82) is 0 Å². The molecule has 0 radical (unpaired) electrons. The molecule has 80 valence electrons. The van der Waals surface area contributed by atoms with Crippen molar-refractivity contribution < 1.29 is 4.79 Å². The van der Waals surface area contributed by atoms with Crippen LogP contribution in [0.3, 0.4) is 0 Å². The van der Waals surface area contributed by atoms with Crippen LogP contribution >= 0.6 is 0 Å². The van der Waals surface area contributed by atoms with E-state index in [1.165, 1.54) is 0 Å². The van der Waals surface area contributed by atoms with Crippen LogP contribution in [0.4, 0.5) is 0 Å². The number of carbonyl (C=O) groups is 1. The number of nitrogens with one attached hydrogen (secondary N) is 2. The molecule has 0 aliphatic carbocycles.